The molecule has 8 heteroatoms. The fourth-order valence-corrected chi connectivity index (χ4v) is 3.73. The summed E-state index contributed by atoms with van der Waals surface area (Å²) in [5.74, 6) is -0.207. The van der Waals surface area contributed by atoms with E-state index in [0.29, 0.717) is 12.2 Å². The summed E-state index contributed by atoms with van der Waals surface area (Å²) in [6.45, 7) is 4.24. The molecule has 0 spiro atoms. The molecule has 0 radical (unpaired) electrons. The molecule has 2 amide bonds. The average Bonchev–Trinajstić information content (AvgIpc) is 2.97. The largest absolute Gasteiger partial charge is 0.351 e. The van der Waals surface area contributed by atoms with Crippen LogP contribution in [0.2, 0.25) is 0 Å². The average molecular weight is 439 g/mol. The maximum atomic E-state index is 12.8. The lowest BCUT2D eigenvalue weighted by atomic mass is 10.1. The zero-order valence-electron chi connectivity index (χ0n) is 17.8. The molecule has 0 aliphatic rings. The Bertz CT molecular complexity index is 1120. The van der Waals surface area contributed by atoms with Crippen LogP contribution in [-0.2, 0) is 23.2 Å². The van der Waals surface area contributed by atoms with Crippen molar-refractivity contribution in [3.63, 3.8) is 0 Å². The lowest BCUT2D eigenvalue weighted by Crippen LogP contribution is -2.26. The normalized spacial score (nSPS) is 10.7. The third kappa shape index (κ3) is 5.67. The van der Waals surface area contributed by atoms with Gasteiger partial charge in [0.25, 0.3) is 5.56 Å². The molecule has 162 valence electrons. The van der Waals surface area contributed by atoms with Crippen LogP contribution in [0, 0.1) is 13.8 Å². The van der Waals surface area contributed by atoms with Crippen LogP contribution in [0.4, 0.5) is 5.69 Å². The second-order valence-electron chi connectivity index (χ2n) is 7.24. The van der Waals surface area contributed by atoms with Crippen molar-refractivity contribution in [2.45, 2.75) is 20.4 Å². The molecule has 0 unspecified atom stereocenters. The molecular formula is C23H26N4O3S. The van der Waals surface area contributed by atoms with Gasteiger partial charge in [-0.05, 0) is 31.5 Å². The summed E-state index contributed by atoms with van der Waals surface area (Å²) in [6.07, 6.45) is 0. The molecule has 3 aromatic rings. The zero-order valence-corrected chi connectivity index (χ0v) is 18.7. The van der Waals surface area contributed by atoms with Crippen molar-refractivity contribution >= 4 is 29.3 Å². The summed E-state index contributed by atoms with van der Waals surface area (Å²) in [5, 5.41) is 5.54. The highest BCUT2D eigenvalue weighted by Gasteiger charge is 2.18. The van der Waals surface area contributed by atoms with Crippen LogP contribution >= 0.6 is 11.8 Å². The number of thioether (sulfide) groups is 1. The van der Waals surface area contributed by atoms with Gasteiger partial charge in [-0.2, -0.15) is 0 Å². The lowest BCUT2D eigenvalue weighted by molar-refractivity contribution is -0.118. The summed E-state index contributed by atoms with van der Waals surface area (Å²) in [6, 6.07) is 17.2. The van der Waals surface area contributed by atoms with Crippen molar-refractivity contribution in [3.8, 4) is 5.69 Å². The van der Waals surface area contributed by atoms with Crippen molar-refractivity contribution in [1.82, 2.24) is 14.7 Å². The number of carbonyl (C=O) groups excluding carboxylic acids is 2. The van der Waals surface area contributed by atoms with Gasteiger partial charge in [0.05, 0.1) is 22.9 Å². The van der Waals surface area contributed by atoms with Crippen LogP contribution in [-0.4, -0.2) is 32.7 Å². The third-order valence-corrected chi connectivity index (χ3v) is 5.83. The predicted octanol–water partition coefficient (Wildman–Crippen LogP) is 2.78. The van der Waals surface area contributed by atoms with Gasteiger partial charge in [-0.15, -0.1) is 11.8 Å². The molecule has 0 atom stereocenters. The Morgan fingerprint density at radius 3 is 2.26 bits per heavy atom. The highest BCUT2D eigenvalue weighted by atomic mass is 32.2. The van der Waals surface area contributed by atoms with Crippen molar-refractivity contribution in [2.75, 3.05) is 16.8 Å². The van der Waals surface area contributed by atoms with Crippen molar-refractivity contribution in [3.05, 3.63) is 81.8 Å². The summed E-state index contributed by atoms with van der Waals surface area (Å²) in [7, 11) is 1.77. The van der Waals surface area contributed by atoms with Gasteiger partial charge in [-0.3, -0.25) is 19.1 Å². The van der Waals surface area contributed by atoms with E-state index >= 15 is 0 Å². The molecule has 0 bridgehead atoms. The van der Waals surface area contributed by atoms with E-state index in [1.807, 2.05) is 61.5 Å². The fraction of sp³-hybridized carbons (Fsp3) is 0.261. The fourth-order valence-electron chi connectivity index (χ4n) is 3.08. The van der Waals surface area contributed by atoms with Crippen LogP contribution in [0.3, 0.4) is 0 Å². The van der Waals surface area contributed by atoms with Crippen LogP contribution < -0.4 is 16.2 Å². The summed E-state index contributed by atoms with van der Waals surface area (Å²) in [4.78, 5) is 37.2. The summed E-state index contributed by atoms with van der Waals surface area (Å²) >= 11 is 1.21. The van der Waals surface area contributed by atoms with E-state index in [-0.39, 0.29) is 34.6 Å². The van der Waals surface area contributed by atoms with Gasteiger partial charge >= 0.3 is 0 Å². The third-order valence-electron chi connectivity index (χ3n) is 4.90. The molecule has 0 aliphatic heterocycles. The van der Waals surface area contributed by atoms with E-state index in [1.54, 1.807) is 18.7 Å². The Labute approximate surface area is 185 Å². The molecule has 1 heterocycles. The minimum atomic E-state index is -0.317. The number of aromatic nitrogens is 2. The van der Waals surface area contributed by atoms with Gasteiger partial charge in [0.15, 0.2) is 0 Å². The Morgan fingerprint density at radius 2 is 1.58 bits per heavy atom. The van der Waals surface area contributed by atoms with E-state index < -0.39 is 0 Å². The standard InChI is InChI=1S/C23H26N4O3S/c1-16-9-11-18(12-10-16)13-24-20(28)14-31-15-21(29)25-22-17(2)26(3)27(23(22)30)19-7-5-4-6-8-19/h4-12H,13-15H2,1-3H3,(H,24,28)(H,25,29). The summed E-state index contributed by atoms with van der Waals surface area (Å²) < 4.78 is 3.22. The molecule has 1 aromatic heterocycles. The van der Waals surface area contributed by atoms with E-state index in [1.165, 1.54) is 22.0 Å². The summed E-state index contributed by atoms with van der Waals surface area (Å²) in [5.41, 5.74) is 3.53. The Morgan fingerprint density at radius 1 is 0.935 bits per heavy atom. The first-order valence-electron chi connectivity index (χ1n) is 9.90. The molecule has 3 rings (SSSR count). The van der Waals surface area contributed by atoms with E-state index in [9.17, 15) is 14.4 Å². The number of carbonyl (C=O) groups is 2. The maximum absolute atomic E-state index is 12.8. The minimum Gasteiger partial charge on any atom is -0.351 e. The Balaban J connectivity index is 1.51. The van der Waals surface area contributed by atoms with Crippen molar-refractivity contribution < 1.29 is 9.59 Å². The van der Waals surface area contributed by atoms with Gasteiger partial charge in [0.2, 0.25) is 11.8 Å². The number of rotatable bonds is 8. The van der Waals surface area contributed by atoms with Gasteiger partial charge < -0.3 is 10.6 Å². The lowest BCUT2D eigenvalue weighted by Gasteiger charge is -2.07. The van der Waals surface area contributed by atoms with Crippen molar-refractivity contribution in [1.29, 1.82) is 0 Å². The molecule has 31 heavy (non-hydrogen) atoms. The molecule has 7 nitrogen and oxygen atoms in total. The monoisotopic (exact) mass is 438 g/mol. The van der Waals surface area contributed by atoms with Gasteiger partial charge in [0, 0.05) is 13.6 Å². The molecule has 0 saturated heterocycles. The van der Waals surface area contributed by atoms with Gasteiger partial charge in [0.1, 0.15) is 5.69 Å². The maximum Gasteiger partial charge on any atom is 0.295 e. The molecule has 2 aromatic carbocycles. The Hall–Kier alpha value is -3.26. The van der Waals surface area contributed by atoms with Gasteiger partial charge in [-0.25, -0.2) is 4.68 Å². The number of aryl methyl sites for hydroxylation is 1. The molecule has 2 N–H and O–H groups in total. The number of benzene rings is 2. The highest BCUT2D eigenvalue weighted by molar-refractivity contribution is 8.00. The van der Waals surface area contributed by atoms with Crippen LogP contribution in [0.25, 0.3) is 5.69 Å². The zero-order chi connectivity index (χ0) is 22.4. The van der Waals surface area contributed by atoms with Gasteiger partial charge in [-0.1, -0.05) is 48.0 Å². The molecule has 0 fully saturated rings. The number of nitrogens with zero attached hydrogens (tertiary/aromatic N) is 2. The quantitative estimate of drug-likeness (QED) is 0.566. The number of para-hydroxylation sites is 1. The second kappa shape index (κ2) is 10.2. The molecule has 0 saturated carbocycles. The first kappa shape index (κ1) is 22.4. The minimum absolute atomic E-state index is 0.0804. The smallest absolute Gasteiger partial charge is 0.295 e. The number of anilines is 1. The van der Waals surface area contributed by atoms with E-state index in [4.69, 9.17) is 0 Å². The van der Waals surface area contributed by atoms with Crippen LogP contribution in [0.5, 0.6) is 0 Å². The first-order chi connectivity index (χ1) is 14.9. The second-order valence-corrected chi connectivity index (χ2v) is 8.23. The van der Waals surface area contributed by atoms with E-state index in [2.05, 4.69) is 10.6 Å². The van der Waals surface area contributed by atoms with Crippen LogP contribution in [0.15, 0.2) is 59.4 Å². The predicted molar refractivity (Wildman–Crippen MR) is 125 cm³/mol. The number of nitrogens with one attached hydrogen (secondary N) is 2. The number of hydrogen-bond acceptors (Lipinski definition) is 4. The number of hydrogen-bond donors (Lipinski definition) is 2. The first-order valence-corrected chi connectivity index (χ1v) is 11.1. The Kier molecular flexibility index (Phi) is 7.36. The van der Waals surface area contributed by atoms with Crippen molar-refractivity contribution in [2.24, 2.45) is 7.05 Å². The SMILES string of the molecule is Cc1ccc(CNC(=O)CSCC(=O)Nc2c(C)n(C)n(-c3ccccc3)c2=O)cc1. The number of amides is 2. The van der Waals surface area contributed by atoms with Crippen LogP contribution in [0.1, 0.15) is 16.8 Å². The van der Waals surface area contributed by atoms with E-state index in [0.717, 1.165) is 11.3 Å². The molecular weight excluding hydrogens is 412 g/mol. The molecule has 0 aliphatic carbocycles. The highest BCUT2D eigenvalue weighted by Crippen LogP contribution is 2.14. The topological polar surface area (TPSA) is 85.1 Å².